The van der Waals surface area contributed by atoms with E-state index in [9.17, 15) is 211 Å². The average Bonchev–Trinajstić information content (AvgIpc) is 0.811. The van der Waals surface area contributed by atoms with Crippen LogP contribution >= 0.6 is 0 Å². The zero-order valence-corrected chi connectivity index (χ0v) is 49.4. The molecule has 0 aliphatic carbocycles. The third-order valence-corrected chi connectivity index (χ3v) is 5.08. The van der Waals surface area contributed by atoms with E-state index < -0.39 is 171 Å². The predicted molar refractivity (Wildman–Crippen MR) is 272 cm³/mol. The molecule has 0 aliphatic heterocycles. The summed E-state index contributed by atoms with van der Waals surface area (Å²) in [6.45, 7) is -21.4. The van der Waals surface area contributed by atoms with Crippen molar-refractivity contribution in [3.05, 3.63) is 0 Å². The fourth-order valence-electron chi connectivity index (χ4n) is 2.39. The van der Waals surface area contributed by atoms with E-state index in [0.717, 1.165) is 0 Å². The summed E-state index contributed by atoms with van der Waals surface area (Å²) in [6.07, 6.45) is -63.4. The van der Waals surface area contributed by atoms with E-state index in [4.69, 9.17) is 0 Å². The van der Waals surface area contributed by atoms with Crippen molar-refractivity contribution in [2.75, 3.05) is 138 Å². The van der Waals surface area contributed by atoms with Crippen LogP contribution in [0.5, 0.6) is 0 Å². The Labute approximate surface area is 550 Å². The SMILES string of the molecule is C.C.C.C.C.C.CC(F)(F)CC(F)(F)OCF.CC(F)(F)COCF.CC(F)(F)COCF.CF.CF.CF.CF.CF.CF.CF.CF.CF.FCC(F)(F)OC(F)(F)C(F)(F)CF.FCC(F)(F)OC(F)(F)C(F)(F)OC(F)(F)CF.FCC(F)(F)OC(F)(F)C(F)(F)OC(F)(F)CF. The maximum Gasteiger partial charge on any atom is 0.453 e. The molecule has 0 radical (unpaired) electrons. The Kier molecular flexibility index (Phi) is 119. The number of hydrogen-bond acceptors (Lipinski definition) is 8. The van der Waals surface area contributed by atoms with Crippen LogP contribution in [0.2, 0.25) is 0 Å². The molecule has 0 rings (SSSR count). The molecule has 8 nitrogen and oxygen atoms in total. The number of rotatable bonds is 29. The van der Waals surface area contributed by atoms with E-state index in [0.29, 0.717) is 85.4 Å². The van der Waals surface area contributed by atoms with Gasteiger partial charge in [-0.05, 0) is 6.92 Å². The third kappa shape index (κ3) is 103. The summed E-state index contributed by atoms with van der Waals surface area (Å²) in [5, 5.41) is 0. The summed E-state index contributed by atoms with van der Waals surface area (Å²) < 4.78 is 568. The first-order valence-corrected chi connectivity index (χ1v) is 21.0. The van der Waals surface area contributed by atoms with Crippen LogP contribution in [0.4, 0.5) is 211 Å². The topological polar surface area (TPSA) is 73.8 Å². The monoisotopic (exact) mass is 1660 g/mol. The minimum atomic E-state index is -6.30. The van der Waals surface area contributed by atoms with Crippen molar-refractivity contribution in [1.82, 2.24) is 0 Å². The van der Waals surface area contributed by atoms with Crippen LogP contribution in [0.15, 0.2) is 0 Å². The van der Waals surface area contributed by atoms with Crippen LogP contribution in [-0.2, 0) is 37.9 Å². The van der Waals surface area contributed by atoms with E-state index >= 15 is 0 Å². The Morgan fingerprint density at radius 3 is 0.465 bits per heavy atom. The molecule has 56 heteroatoms. The molecule has 0 aromatic carbocycles. The largest absolute Gasteiger partial charge is 0.453 e. The van der Waals surface area contributed by atoms with Crippen LogP contribution in [0, 0.1) is 0 Å². The smallest absolute Gasteiger partial charge is 0.344 e. The first-order chi connectivity index (χ1) is 42.5. The summed E-state index contributed by atoms with van der Waals surface area (Å²) in [7, 11) is 4.50. The summed E-state index contributed by atoms with van der Waals surface area (Å²) in [4.78, 5) is 0. The Balaban J connectivity index is -0.0000000384. The maximum atomic E-state index is 12.4. The molecule has 0 aromatic rings. The van der Waals surface area contributed by atoms with Gasteiger partial charge in [0.2, 0.25) is 0 Å². The zero-order valence-electron chi connectivity index (χ0n) is 49.4. The molecule has 101 heavy (non-hydrogen) atoms. The maximum absolute atomic E-state index is 12.4. The molecule has 0 atom stereocenters. The van der Waals surface area contributed by atoms with Gasteiger partial charge in [-0.3, -0.25) is 44.3 Å². The fraction of sp³-hybridized carbons (Fsp3) is 1.00. The van der Waals surface area contributed by atoms with Gasteiger partial charge in [0.1, 0.15) is 19.6 Å². The third-order valence-electron chi connectivity index (χ3n) is 5.08. The average molecular weight is 1670 g/mol. The lowest BCUT2D eigenvalue weighted by Gasteiger charge is -2.29. The van der Waals surface area contributed by atoms with Gasteiger partial charge in [-0.2, -0.15) is 105 Å². The highest BCUT2D eigenvalue weighted by atomic mass is 19.4. The standard InChI is InChI=1S/2C6H4F10O2.C5H4F8O.C5H7F5O.2C4H7F3O.9CH3F.6CH4/c2*7-1-3(9,10)17-5(13,14)6(15,16)18-4(11,12)2-8;6-1-3(8,9)5(12,13)14-4(10,11)2-7;1-4(7,8)2-5(9,10)11-3-6;2*1-4(6,7)2-8-3-5;9*1-2;;;;;;/h2*1-2H2;1-2H2;2-3H2,1H3;2*2-3H2,1H3;9*1H3;6*1H4. The van der Waals surface area contributed by atoms with Crippen molar-refractivity contribution in [3.63, 3.8) is 0 Å². The molecule has 0 saturated carbocycles. The highest BCUT2D eigenvalue weighted by Crippen LogP contribution is 2.45. The second-order valence-electron chi connectivity index (χ2n) is 13.0. The van der Waals surface area contributed by atoms with Crippen LogP contribution < -0.4 is 0 Å². The van der Waals surface area contributed by atoms with Gasteiger partial charge in [-0.1, -0.05) is 44.6 Å². The summed E-state index contributed by atoms with van der Waals surface area (Å²) in [5.41, 5.74) is 0. The van der Waals surface area contributed by atoms with Gasteiger partial charge in [0.25, 0.3) is 17.8 Å². The van der Waals surface area contributed by atoms with E-state index in [-0.39, 0.29) is 44.6 Å². The lowest BCUT2D eigenvalue weighted by Crippen LogP contribution is -2.52. The van der Waals surface area contributed by atoms with Gasteiger partial charge in [-0.25, -0.2) is 89.5 Å². The first-order valence-electron chi connectivity index (χ1n) is 21.0. The van der Waals surface area contributed by atoms with E-state index in [1.807, 2.05) is 0 Å². The Bertz CT molecular complexity index is 1420. The highest BCUT2D eigenvalue weighted by molar-refractivity contribution is 4.78. The van der Waals surface area contributed by atoms with Crippen molar-refractivity contribution >= 4 is 0 Å². The Hall–Kier alpha value is -3.68. The minimum absolute atomic E-state index is 0. The van der Waals surface area contributed by atoms with E-state index in [1.54, 1.807) is 0 Å². The number of halogens is 48. The molecule has 0 fully saturated rings. The molecule has 0 spiro atoms. The molecule has 0 N–H and O–H groups in total. The molecule has 0 bridgehead atoms. The second kappa shape index (κ2) is 77.4. The number of ether oxygens (including phenoxy) is 8. The van der Waals surface area contributed by atoms with Gasteiger partial charge < -0.3 is 9.47 Å². The van der Waals surface area contributed by atoms with Crippen molar-refractivity contribution in [1.29, 1.82) is 0 Å². The normalized spacial score (nSPS) is 11.3. The lowest BCUT2D eigenvalue weighted by atomic mass is 10.2. The molecule has 0 heterocycles. The molecule has 0 aliphatic rings. The van der Waals surface area contributed by atoms with E-state index in [2.05, 4.69) is 37.9 Å². The van der Waals surface area contributed by atoms with Crippen molar-refractivity contribution in [2.24, 2.45) is 0 Å². The van der Waals surface area contributed by atoms with Gasteiger partial charge in [-0.15, -0.1) is 0 Å². The quantitative estimate of drug-likeness (QED) is 0.0686. The lowest BCUT2D eigenvalue weighted by molar-refractivity contribution is -0.513. The molecular formula is C45H84F48O8. The zero-order chi connectivity index (χ0) is 81.6. The van der Waals surface area contributed by atoms with Crippen LogP contribution in [0.1, 0.15) is 71.8 Å². The van der Waals surface area contributed by atoms with Crippen molar-refractivity contribution in [2.45, 2.75) is 163 Å². The van der Waals surface area contributed by atoms with Crippen LogP contribution in [0.3, 0.4) is 0 Å². The van der Waals surface area contributed by atoms with Gasteiger partial charge >= 0.3 is 73.1 Å². The minimum Gasteiger partial charge on any atom is -0.344 e. The number of hydrogen-bond donors (Lipinski definition) is 0. The van der Waals surface area contributed by atoms with E-state index in [1.165, 1.54) is 0 Å². The summed E-state index contributed by atoms with van der Waals surface area (Å²) >= 11 is 0. The van der Waals surface area contributed by atoms with Crippen molar-refractivity contribution in [3.8, 4) is 0 Å². The van der Waals surface area contributed by atoms with Gasteiger partial charge in [0.15, 0.2) is 60.6 Å². The molecule has 0 saturated heterocycles. The predicted octanol–water partition coefficient (Wildman–Crippen LogP) is 24.2. The van der Waals surface area contributed by atoms with Crippen molar-refractivity contribution < 1.29 is 249 Å². The number of alkyl halides is 48. The second-order valence-corrected chi connectivity index (χ2v) is 13.0. The van der Waals surface area contributed by atoms with Gasteiger partial charge in [0.05, 0.1) is 64.6 Å². The summed E-state index contributed by atoms with van der Waals surface area (Å²) in [5.74, 6) is -14.8. The Morgan fingerprint density at radius 2 is 0.366 bits per heavy atom. The molecular weight excluding hydrogens is 1580 g/mol. The molecule has 0 unspecified atom stereocenters. The van der Waals surface area contributed by atoms with Gasteiger partial charge in [0, 0.05) is 13.8 Å². The highest BCUT2D eigenvalue weighted by Gasteiger charge is 2.69. The Morgan fingerprint density at radius 1 is 0.208 bits per heavy atom. The summed E-state index contributed by atoms with van der Waals surface area (Å²) in [6, 6.07) is 0. The molecule has 0 aromatic heterocycles. The van der Waals surface area contributed by atoms with Crippen LogP contribution in [-0.4, -0.2) is 229 Å². The molecule has 648 valence electrons. The van der Waals surface area contributed by atoms with Crippen LogP contribution in [0.25, 0.3) is 0 Å². The first kappa shape index (κ1) is 155. The molecule has 0 amide bonds. The fourth-order valence-corrected chi connectivity index (χ4v) is 2.39.